The lowest BCUT2D eigenvalue weighted by Gasteiger charge is -2.11. The van der Waals surface area contributed by atoms with Crippen LogP contribution in [0.15, 0.2) is 156 Å². The van der Waals surface area contributed by atoms with Gasteiger partial charge in [-0.1, -0.05) is 97.1 Å². The van der Waals surface area contributed by atoms with Crippen molar-refractivity contribution < 1.29 is 4.42 Å². The van der Waals surface area contributed by atoms with E-state index in [1.54, 1.807) is 4.80 Å². The van der Waals surface area contributed by atoms with Gasteiger partial charge in [0, 0.05) is 32.8 Å². The molecule has 10 aromatic rings. The number of rotatable bonds is 4. The van der Waals surface area contributed by atoms with Crippen LogP contribution in [-0.2, 0) is 0 Å². The normalized spacial score (nSPS) is 11.8. The van der Waals surface area contributed by atoms with E-state index >= 15 is 0 Å². The van der Waals surface area contributed by atoms with E-state index in [1.165, 1.54) is 0 Å². The second-order valence-corrected chi connectivity index (χ2v) is 12.0. The molecular formula is C42H25N5O. The van der Waals surface area contributed by atoms with Gasteiger partial charge in [-0.05, 0) is 70.8 Å². The highest BCUT2D eigenvalue weighted by Crippen LogP contribution is 2.36. The van der Waals surface area contributed by atoms with E-state index in [4.69, 9.17) is 24.6 Å². The van der Waals surface area contributed by atoms with Gasteiger partial charge in [0.05, 0.1) is 17.1 Å². The maximum Gasteiger partial charge on any atom is 0.160 e. The molecule has 0 bridgehead atoms. The van der Waals surface area contributed by atoms with Crippen molar-refractivity contribution in [3.63, 3.8) is 0 Å². The first-order chi connectivity index (χ1) is 23.7. The Hall–Kier alpha value is -6.66. The average Bonchev–Trinajstić information content (AvgIpc) is 3.77. The monoisotopic (exact) mass is 615 g/mol. The van der Waals surface area contributed by atoms with Gasteiger partial charge in [0.15, 0.2) is 5.82 Å². The molecule has 0 atom stereocenters. The van der Waals surface area contributed by atoms with Crippen LogP contribution in [0.4, 0.5) is 0 Å². The average molecular weight is 616 g/mol. The molecule has 0 saturated carbocycles. The molecule has 0 unspecified atom stereocenters. The molecule has 0 spiro atoms. The number of hydrogen-bond acceptors (Lipinski definition) is 5. The summed E-state index contributed by atoms with van der Waals surface area (Å²) < 4.78 is 6.12. The third-order valence-electron chi connectivity index (χ3n) is 9.06. The summed E-state index contributed by atoms with van der Waals surface area (Å²) in [5, 5.41) is 16.3. The molecule has 6 nitrogen and oxygen atoms in total. The summed E-state index contributed by atoms with van der Waals surface area (Å²) in [6.07, 6.45) is 0. The number of aromatic nitrogens is 5. The third-order valence-corrected chi connectivity index (χ3v) is 9.06. The van der Waals surface area contributed by atoms with Crippen LogP contribution in [0.2, 0.25) is 0 Å². The molecule has 48 heavy (non-hydrogen) atoms. The molecule has 0 aliphatic carbocycles. The second kappa shape index (κ2) is 10.4. The molecule has 6 heteroatoms. The summed E-state index contributed by atoms with van der Waals surface area (Å²) in [5.41, 5.74) is 9.02. The lowest BCUT2D eigenvalue weighted by molar-refractivity contribution is 0.669. The Labute approximate surface area is 274 Å². The van der Waals surface area contributed by atoms with Crippen LogP contribution < -0.4 is 0 Å². The molecule has 3 aromatic heterocycles. The van der Waals surface area contributed by atoms with Gasteiger partial charge >= 0.3 is 0 Å². The van der Waals surface area contributed by atoms with Gasteiger partial charge in [-0.15, -0.1) is 10.2 Å². The maximum atomic E-state index is 6.12. The van der Waals surface area contributed by atoms with Crippen molar-refractivity contribution in [1.82, 2.24) is 25.0 Å². The van der Waals surface area contributed by atoms with E-state index in [-0.39, 0.29) is 0 Å². The van der Waals surface area contributed by atoms with Gasteiger partial charge in [-0.25, -0.2) is 9.97 Å². The first-order valence-corrected chi connectivity index (χ1v) is 15.9. The summed E-state index contributed by atoms with van der Waals surface area (Å²) in [6, 6.07) is 51.7. The van der Waals surface area contributed by atoms with Crippen LogP contribution in [0, 0.1) is 0 Å². The Morgan fingerprint density at radius 3 is 2.00 bits per heavy atom. The molecule has 7 aromatic carbocycles. The minimum Gasteiger partial charge on any atom is -0.456 e. The quantitative estimate of drug-likeness (QED) is 0.184. The molecule has 0 N–H and O–H groups in total. The largest absolute Gasteiger partial charge is 0.456 e. The highest BCUT2D eigenvalue weighted by atomic mass is 16.3. The number of para-hydroxylation sites is 2. The standard InChI is InChI=1S/C42H25N5O/c1-3-9-27(10-4-1)36-25-37(29-20-22-39-34(23-29)32-13-7-8-14-38(32)48-39)44-42(43-36)30-18-16-26-15-17-28-19-21-35-41(40(28)33(26)24-30)46-47(45-35)31-11-5-2-6-12-31/h1-25H. The molecule has 0 radical (unpaired) electrons. The van der Waals surface area contributed by atoms with Crippen molar-refractivity contribution >= 4 is 54.5 Å². The van der Waals surface area contributed by atoms with Crippen molar-refractivity contribution in [2.24, 2.45) is 0 Å². The Morgan fingerprint density at radius 2 is 1.12 bits per heavy atom. The van der Waals surface area contributed by atoms with Gasteiger partial charge in [0.1, 0.15) is 22.2 Å². The van der Waals surface area contributed by atoms with Crippen LogP contribution in [0.5, 0.6) is 0 Å². The van der Waals surface area contributed by atoms with E-state index in [1.807, 2.05) is 78.9 Å². The number of nitrogens with zero attached hydrogens (tertiary/aromatic N) is 5. The highest BCUT2D eigenvalue weighted by Gasteiger charge is 2.16. The number of hydrogen-bond donors (Lipinski definition) is 0. The maximum absolute atomic E-state index is 6.12. The van der Waals surface area contributed by atoms with Crippen LogP contribution in [0.25, 0.3) is 94.1 Å². The fourth-order valence-electron chi connectivity index (χ4n) is 6.70. The summed E-state index contributed by atoms with van der Waals surface area (Å²) in [7, 11) is 0. The fraction of sp³-hybridized carbons (Fsp3) is 0. The Morgan fingerprint density at radius 1 is 0.458 bits per heavy atom. The van der Waals surface area contributed by atoms with E-state index in [2.05, 4.69) is 72.8 Å². The summed E-state index contributed by atoms with van der Waals surface area (Å²) >= 11 is 0. The van der Waals surface area contributed by atoms with E-state index < -0.39 is 0 Å². The van der Waals surface area contributed by atoms with Crippen molar-refractivity contribution in [3.8, 4) is 39.6 Å². The van der Waals surface area contributed by atoms with Crippen LogP contribution in [0.3, 0.4) is 0 Å². The molecular weight excluding hydrogens is 590 g/mol. The van der Waals surface area contributed by atoms with Crippen molar-refractivity contribution in [3.05, 3.63) is 152 Å². The predicted molar refractivity (Wildman–Crippen MR) is 193 cm³/mol. The molecule has 0 aliphatic rings. The van der Waals surface area contributed by atoms with Crippen LogP contribution in [-0.4, -0.2) is 25.0 Å². The molecule has 0 amide bonds. The summed E-state index contributed by atoms with van der Waals surface area (Å²) in [6.45, 7) is 0. The minimum absolute atomic E-state index is 0.655. The Kier molecular flexibility index (Phi) is 5.77. The van der Waals surface area contributed by atoms with Gasteiger partial charge in [-0.3, -0.25) is 0 Å². The predicted octanol–water partition coefficient (Wildman–Crippen LogP) is 10.4. The van der Waals surface area contributed by atoms with Gasteiger partial charge in [0.2, 0.25) is 0 Å². The van der Waals surface area contributed by atoms with Crippen LogP contribution >= 0.6 is 0 Å². The topological polar surface area (TPSA) is 69.6 Å². The van der Waals surface area contributed by atoms with E-state index in [9.17, 15) is 0 Å². The number of fused-ring (bicyclic) bond motifs is 8. The first kappa shape index (κ1) is 26.5. The van der Waals surface area contributed by atoms with Gasteiger partial charge < -0.3 is 4.42 Å². The summed E-state index contributed by atoms with van der Waals surface area (Å²) in [5.74, 6) is 0.655. The lowest BCUT2D eigenvalue weighted by Crippen LogP contribution is -1.97. The zero-order chi connectivity index (χ0) is 31.6. The zero-order valence-electron chi connectivity index (χ0n) is 25.6. The van der Waals surface area contributed by atoms with E-state index in [0.717, 1.165) is 88.3 Å². The fourth-order valence-corrected chi connectivity index (χ4v) is 6.70. The van der Waals surface area contributed by atoms with Gasteiger partial charge in [-0.2, -0.15) is 4.80 Å². The molecule has 224 valence electrons. The number of furan rings is 1. The molecule has 0 aliphatic heterocycles. The second-order valence-electron chi connectivity index (χ2n) is 12.0. The van der Waals surface area contributed by atoms with E-state index in [0.29, 0.717) is 5.82 Å². The third kappa shape index (κ3) is 4.27. The Bertz CT molecular complexity index is 2840. The van der Waals surface area contributed by atoms with Crippen LogP contribution in [0.1, 0.15) is 0 Å². The van der Waals surface area contributed by atoms with Gasteiger partial charge in [0.25, 0.3) is 0 Å². The molecule has 3 heterocycles. The highest BCUT2D eigenvalue weighted by molar-refractivity contribution is 6.18. The molecule has 10 rings (SSSR count). The van der Waals surface area contributed by atoms with Crippen molar-refractivity contribution in [2.45, 2.75) is 0 Å². The Balaban J connectivity index is 1.19. The molecule has 0 saturated heterocycles. The molecule has 0 fully saturated rings. The SMILES string of the molecule is c1ccc(-c2cc(-c3ccc4oc5ccccc5c4c3)nc(-c3ccc4ccc5ccc6nn(-c7ccccc7)nc6c5c4c3)n2)cc1. The zero-order valence-corrected chi connectivity index (χ0v) is 25.6. The van der Waals surface area contributed by atoms with Crippen molar-refractivity contribution in [2.75, 3.05) is 0 Å². The first-order valence-electron chi connectivity index (χ1n) is 15.9. The summed E-state index contributed by atoms with van der Waals surface area (Å²) in [4.78, 5) is 12.0. The van der Waals surface area contributed by atoms with Crippen molar-refractivity contribution in [1.29, 1.82) is 0 Å². The number of benzene rings is 7. The smallest absolute Gasteiger partial charge is 0.160 e. The lowest BCUT2D eigenvalue weighted by atomic mass is 9.98. The minimum atomic E-state index is 0.655.